The van der Waals surface area contributed by atoms with Gasteiger partial charge in [-0.15, -0.1) is 21.8 Å². The number of nitrogens with zero attached hydrogens (tertiary/aromatic N) is 3. The number of benzene rings is 1. The number of alkyl halides is 1. The summed E-state index contributed by atoms with van der Waals surface area (Å²) in [5, 5.41) is 18.6. The van der Waals surface area contributed by atoms with Gasteiger partial charge in [0.1, 0.15) is 0 Å². The van der Waals surface area contributed by atoms with E-state index < -0.39 is 4.92 Å². The number of rotatable bonds is 6. The largest absolute Gasteiger partial charge is 0.490 e. The monoisotopic (exact) mass is 297 g/mol. The van der Waals surface area contributed by atoms with Crippen molar-refractivity contribution in [1.29, 1.82) is 0 Å². The molecule has 20 heavy (non-hydrogen) atoms. The molecule has 0 saturated carbocycles. The van der Waals surface area contributed by atoms with Crippen molar-refractivity contribution in [2.45, 2.75) is 12.8 Å². The van der Waals surface area contributed by atoms with Crippen molar-refractivity contribution in [3.8, 4) is 17.2 Å². The molecule has 0 atom stereocenters. The molecule has 0 unspecified atom stereocenters. The molecule has 0 N–H and O–H groups in total. The molecular weight excluding hydrogens is 286 g/mol. The van der Waals surface area contributed by atoms with Gasteiger partial charge in [0.25, 0.3) is 0 Å². The Kier molecular flexibility index (Phi) is 4.52. The topological polar surface area (TPSA) is 91.3 Å². The van der Waals surface area contributed by atoms with Crippen LogP contribution >= 0.6 is 11.6 Å². The van der Waals surface area contributed by atoms with Crippen molar-refractivity contribution in [1.82, 2.24) is 10.2 Å². The highest BCUT2D eigenvalue weighted by Gasteiger charge is 2.17. The molecule has 0 radical (unpaired) electrons. The zero-order chi connectivity index (χ0) is 14.5. The lowest BCUT2D eigenvalue weighted by Crippen LogP contribution is -1.94. The Hall–Kier alpha value is -2.15. The van der Waals surface area contributed by atoms with Crippen molar-refractivity contribution >= 4 is 17.3 Å². The van der Waals surface area contributed by atoms with Gasteiger partial charge >= 0.3 is 5.69 Å². The third-order valence-corrected chi connectivity index (χ3v) is 2.88. The number of hydrogen-bond acceptors (Lipinski definition) is 6. The van der Waals surface area contributed by atoms with E-state index >= 15 is 0 Å². The highest BCUT2D eigenvalue weighted by Crippen LogP contribution is 2.31. The first-order valence-corrected chi connectivity index (χ1v) is 6.40. The number of nitro groups is 1. The molecule has 0 fully saturated rings. The zero-order valence-electron chi connectivity index (χ0n) is 10.7. The van der Waals surface area contributed by atoms with Gasteiger partial charge < -0.3 is 9.15 Å². The minimum absolute atomic E-state index is 0.113. The van der Waals surface area contributed by atoms with Crippen molar-refractivity contribution in [3.05, 3.63) is 34.2 Å². The first-order valence-electron chi connectivity index (χ1n) is 5.87. The molecule has 0 amide bonds. The van der Waals surface area contributed by atoms with Crippen LogP contribution in [-0.2, 0) is 6.42 Å². The Morgan fingerprint density at radius 1 is 1.45 bits per heavy atom. The van der Waals surface area contributed by atoms with Crippen molar-refractivity contribution in [2.24, 2.45) is 0 Å². The molecule has 0 spiro atoms. The van der Waals surface area contributed by atoms with E-state index in [9.17, 15) is 10.1 Å². The molecular formula is C12H12ClN3O4. The zero-order valence-corrected chi connectivity index (χ0v) is 11.5. The molecule has 1 heterocycles. The van der Waals surface area contributed by atoms with Crippen LogP contribution in [0.3, 0.4) is 0 Å². The van der Waals surface area contributed by atoms with Gasteiger partial charge in [-0.25, -0.2) is 0 Å². The summed E-state index contributed by atoms with van der Waals surface area (Å²) in [4.78, 5) is 10.3. The molecule has 7 nitrogen and oxygen atoms in total. The van der Waals surface area contributed by atoms with Crippen LogP contribution in [0, 0.1) is 10.1 Å². The standard InChI is InChI=1S/C12H12ClN3O4/c1-19-10-7-8(4-5-9(10)16(17)18)12-15-14-11(20-12)3-2-6-13/h4-5,7H,2-3,6H2,1H3. The molecule has 0 aliphatic carbocycles. The SMILES string of the molecule is COc1cc(-c2nnc(CCCCl)o2)ccc1[N+](=O)[O-]. The number of aromatic nitrogens is 2. The highest BCUT2D eigenvalue weighted by atomic mass is 35.5. The molecule has 0 aliphatic rings. The van der Waals surface area contributed by atoms with Crippen molar-refractivity contribution in [2.75, 3.05) is 13.0 Å². The van der Waals surface area contributed by atoms with E-state index in [1.807, 2.05) is 0 Å². The fourth-order valence-corrected chi connectivity index (χ4v) is 1.78. The van der Waals surface area contributed by atoms with E-state index in [-0.39, 0.29) is 11.4 Å². The van der Waals surface area contributed by atoms with Crippen LogP contribution in [0.4, 0.5) is 5.69 Å². The van der Waals surface area contributed by atoms with Crippen LogP contribution < -0.4 is 4.74 Å². The lowest BCUT2D eigenvalue weighted by Gasteiger charge is -2.02. The molecule has 0 saturated heterocycles. The first kappa shape index (κ1) is 14.3. The smallest absolute Gasteiger partial charge is 0.310 e. The van der Waals surface area contributed by atoms with Crippen LogP contribution in [0.5, 0.6) is 5.75 Å². The van der Waals surface area contributed by atoms with E-state index in [0.29, 0.717) is 29.6 Å². The van der Waals surface area contributed by atoms with Gasteiger partial charge in [-0.1, -0.05) is 0 Å². The number of ether oxygens (including phenoxy) is 1. The summed E-state index contributed by atoms with van der Waals surface area (Å²) in [6.45, 7) is 0. The molecule has 0 aliphatic heterocycles. The van der Waals surface area contributed by atoms with Gasteiger partial charge in [-0.3, -0.25) is 10.1 Å². The average Bonchev–Trinajstić information content (AvgIpc) is 2.93. The van der Waals surface area contributed by atoms with Crippen molar-refractivity contribution < 1.29 is 14.1 Å². The molecule has 2 aromatic rings. The predicted molar refractivity (Wildman–Crippen MR) is 72.0 cm³/mol. The normalized spacial score (nSPS) is 10.5. The average molecular weight is 298 g/mol. The third kappa shape index (κ3) is 3.05. The van der Waals surface area contributed by atoms with Gasteiger partial charge in [0.2, 0.25) is 11.8 Å². The van der Waals surface area contributed by atoms with Crippen LogP contribution in [-0.4, -0.2) is 28.1 Å². The maximum absolute atomic E-state index is 10.8. The second-order valence-electron chi connectivity index (χ2n) is 3.94. The molecule has 0 bridgehead atoms. The Morgan fingerprint density at radius 2 is 2.25 bits per heavy atom. The highest BCUT2D eigenvalue weighted by molar-refractivity contribution is 6.17. The molecule has 2 rings (SSSR count). The minimum Gasteiger partial charge on any atom is -0.490 e. The lowest BCUT2D eigenvalue weighted by molar-refractivity contribution is -0.385. The van der Waals surface area contributed by atoms with E-state index in [1.165, 1.54) is 19.2 Å². The van der Waals surface area contributed by atoms with E-state index in [4.69, 9.17) is 20.8 Å². The maximum atomic E-state index is 10.8. The quantitative estimate of drug-likeness (QED) is 0.462. The molecule has 8 heteroatoms. The maximum Gasteiger partial charge on any atom is 0.310 e. The Balaban J connectivity index is 2.28. The number of halogens is 1. The summed E-state index contributed by atoms with van der Waals surface area (Å²) in [7, 11) is 1.37. The van der Waals surface area contributed by atoms with Gasteiger partial charge in [0.05, 0.1) is 12.0 Å². The number of aryl methyl sites for hydroxylation is 1. The predicted octanol–water partition coefficient (Wildman–Crippen LogP) is 2.82. The fourth-order valence-electron chi connectivity index (χ4n) is 1.65. The second kappa shape index (κ2) is 6.33. The van der Waals surface area contributed by atoms with Crippen LogP contribution in [0.2, 0.25) is 0 Å². The summed E-state index contributed by atoms with van der Waals surface area (Å²) in [6.07, 6.45) is 1.34. The van der Waals surface area contributed by atoms with Gasteiger partial charge in [0.15, 0.2) is 5.75 Å². The molecule has 1 aromatic heterocycles. The Morgan fingerprint density at radius 3 is 2.90 bits per heavy atom. The number of methoxy groups -OCH3 is 1. The first-order chi connectivity index (χ1) is 9.65. The van der Waals surface area contributed by atoms with Crippen molar-refractivity contribution in [3.63, 3.8) is 0 Å². The van der Waals surface area contributed by atoms with Gasteiger partial charge in [-0.05, 0) is 12.5 Å². The second-order valence-corrected chi connectivity index (χ2v) is 4.32. The molecule has 106 valence electrons. The summed E-state index contributed by atoms with van der Waals surface area (Å²) >= 11 is 5.59. The van der Waals surface area contributed by atoms with Crippen LogP contribution in [0.25, 0.3) is 11.5 Å². The summed E-state index contributed by atoms with van der Waals surface area (Å²) in [5.74, 6) is 1.44. The summed E-state index contributed by atoms with van der Waals surface area (Å²) < 4.78 is 10.5. The van der Waals surface area contributed by atoms with Gasteiger partial charge in [0, 0.05) is 30.0 Å². The Labute approximate surface area is 119 Å². The summed E-state index contributed by atoms with van der Waals surface area (Å²) in [6, 6.07) is 4.38. The van der Waals surface area contributed by atoms with E-state index in [2.05, 4.69) is 10.2 Å². The molecule has 1 aromatic carbocycles. The summed E-state index contributed by atoms with van der Waals surface area (Å²) in [5.41, 5.74) is 0.454. The number of nitro benzene ring substituents is 1. The Bertz CT molecular complexity index is 614. The van der Waals surface area contributed by atoms with E-state index in [0.717, 1.165) is 6.42 Å². The third-order valence-electron chi connectivity index (χ3n) is 2.61. The van der Waals surface area contributed by atoms with Crippen LogP contribution in [0.15, 0.2) is 22.6 Å². The van der Waals surface area contributed by atoms with E-state index in [1.54, 1.807) is 6.07 Å². The lowest BCUT2D eigenvalue weighted by atomic mass is 10.2. The number of hydrogen-bond donors (Lipinski definition) is 0. The minimum atomic E-state index is -0.512. The van der Waals surface area contributed by atoms with Crippen LogP contribution in [0.1, 0.15) is 12.3 Å². The van der Waals surface area contributed by atoms with Gasteiger partial charge in [-0.2, -0.15) is 0 Å². The fraction of sp³-hybridized carbons (Fsp3) is 0.333.